The lowest BCUT2D eigenvalue weighted by Gasteiger charge is -2.26. The van der Waals surface area contributed by atoms with Crippen LogP contribution in [0.1, 0.15) is 43.0 Å². The molecule has 0 unspecified atom stereocenters. The van der Waals surface area contributed by atoms with Crippen LogP contribution in [0.3, 0.4) is 0 Å². The first-order valence-corrected chi connectivity index (χ1v) is 12.5. The van der Waals surface area contributed by atoms with Crippen LogP contribution in [0.2, 0.25) is 0 Å². The van der Waals surface area contributed by atoms with Crippen molar-refractivity contribution in [3.8, 4) is 5.69 Å². The number of aryl methyl sites for hydroxylation is 1. The fourth-order valence-electron chi connectivity index (χ4n) is 4.86. The van der Waals surface area contributed by atoms with E-state index in [-0.39, 0.29) is 17.2 Å². The number of amides is 1. The third-order valence-corrected chi connectivity index (χ3v) is 7.15. The van der Waals surface area contributed by atoms with Crippen molar-refractivity contribution in [2.45, 2.75) is 38.3 Å². The van der Waals surface area contributed by atoms with Gasteiger partial charge in [-0.25, -0.2) is 13.8 Å². The molecule has 3 heterocycles. The van der Waals surface area contributed by atoms with E-state index in [2.05, 4.69) is 15.4 Å². The predicted molar refractivity (Wildman–Crippen MR) is 139 cm³/mol. The summed E-state index contributed by atoms with van der Waals surface area (Å²) in [5.74, 6) is -3.06. The zero-order valence-electron chi connectivity index (χ0n) is 21.8. The standard InChI is InChI=1S/C27H25F5N6O2/c1-26(2,27(30,31)32)25-34-21-19(36(25)3)11-9-17(23(21)37-13-4-5-14-37)33-24(40)18-10-12-20(39)38(35-18)22-15(28)7-6-8-16(22)29/h6-12H,4-5,13-14H2,1-3H3,(H,33,40). The Morgan fingerprint density at radius 1 is 0.950 bits per heavy atom. The van der Waals surface area contributed by atoms with Crippen molar-refractivity contribution in [2.24, 2.45) is 7.05 Å². The average Bonchev–Trinajstić information content (AvgIpc) is 3.53. The Kier molecular flexibility index (Phi) is 6.63. The van der Waals surface area contributed by atoms with Gasteiger partial charge in [0.05, 0.1) is 16.9 Å². The van der Waals surface area contributed by atoms with Crippen LogP contribution >= 0.6 is 0 Å². The Balaban J connectivity index is 1.60. The number of hydrogen-bond acceptors (Lipinski definition) is 5. The number of benzene rings is 2. The quantitative estimate of drug-likeness (QED) is 0.344. The Hall–Kier alpha value is -4.29. The first-order chi connectivity index (χ1) is 18.8. The Morgan fingerprint density at radius 3 is 2.23 bits per heavy atom. The first-order valence-electron chi connectivity index (χ1n) is 12.5. The summed E-state index contributed by atoms with van der Waals surface area (Å²) in [4.78, 5) is 32.0. The number of aromatic nitrogens is 4. The monoisotopic (exact) mass is 560 g/mol. The normalized spacial score (nSPS) is 14.2. The van der Waals surface area contributed by atoms with Gasteiger partial charge in [0.15, 0.2) is 11.6 Å². The summed E-state index contributed by atoms with van der Waals surface area (Å²) in [6, 6.07) is 8.25. The number of fused-ring (bicyclic) bond motifs is 1. The summed E-state index contributed by atoms with van der Waals surface area (Å²) in [5.41, 5.74) is -2.67. The van der Waals surface area contributed by atoms with E-state index in [1.165, 1.54) is 11.6 Å². The lowest BCUT2D eigenvalue weighted by molar-refractivity contribution is -0.182. The van der Waals surface area contributed by atoms with Gasteiger partial charge >= 0.3 is 6.18 Å². The molecule has 4 aromatic rings. The number of nitrogens with one attached hydrogen (secondary N) is 1. The molecule has 0 radical (unpaired) electrons. The van der Waals surface area contributed by atoms with Crippen molar-refractivity contribution in [2.75, 3.05) is 23.3 Å². The molecular formula is C27H25F5N6O2. The molecule has 13 heteroatoms. The Morgan fingerprint density at radius 2 is 1.60 bits per heavy atom. The van der Waals surface area contributed by atoms with Gasteiger partial charge in [0, 0.05) is 26.2 Å². The summed E-state index contributed by atoms with van der Waals surface area (Å²) < 4.78 is 72.2. The number of alkyl halides is 3. The van der Waals surface area contributed by atoms with Crippen molar-refractivity contribution in [3.63, 3.8) is 0 Å². The predicted octanol–water partition coefficient (Wildman–Crippen LogP) is 5.09. The van der Waals surface area contributed by atoms with Gasteiger partial charge in [0.2, 0.25) is 0 Å². The largest absolute Gasteiger partial charge is 0.400 e. The average molecular weight is 561 g/mol. The maximum absolute atomic E-state index is 14.3. The summed E-state index contributed by atoms with van der Waals surface area (Å²) in [7, 11) is 1.51. The summed E-state index contributed by atoms with van der Waals surface area (Å²) in [6.45, 7) is 3.33. The molecule has 40 heavy (non-hydrogen) atoms. The van der Waals surface area contributed by atoms with Gasteiger partial charge in [-0.15, -0.1) is 0 Å². The van der Waals surface area contributed by atoms with E-state index in [1.807, 2.05) is 4.90 Å². The number of carbonyl (C=O) groups is 1. The molecule has 0 spiro atoms. The molecule has 1 aliphatic heterocycles. The molecule has 0 atom stereocenters. The molecule has 0 aliphatic carbocycles. The second kappa shape index (κ2) is 9.72. The highest BCUT2D eigenvalue weighted by Crippen LogP contribution is 2.43. The van der Waals surface area contributed by atoms with Gasteiger partial charge in [0.1, 0.15) is 28.1 Å². The number of hydrogen-bond donors (Lipinski definition) is 1. The smallest absolute Gasteiger partial charge is 0.368 e. The van der Waals surface area contributed by atoms with Crippen LogP contribution in [0.4, 0.5) is 33.3 Å². The molecule has 1 amide bonds. The minimum Gasteiger partial charge on any atom is -0.368 e. The van der Waals surface area contributed by atoms with Crippen molar-refractivity contribution >= 4 is 28.3 Å². The number of nitrogens with zero attached hydrogens (tertiary/aromatic N) is 5. The van der Waals surface area contributed by atoms with Crippen LogP contribution in [0, 0.1) is 11.6 Å². The van der Waals surface area contributed by atoms with E-state index in [9.17, 15) is 31.5 Å². The molecule has 8 nitrogen and oxygen atoms in total. The second-order valence-corrected chi connectivity index (χ2v) is 10.1. The Labute approximate surface area is 225 Å². The summed E-state index contributed by atoms with van der Waals surface area (Å²) in [6.07, 6.45) is -2.87. The molecule has 1 aliphatic rings. The highest BCUT2D eigenvalue weighted by Gasteiger charge is 2.51. The topological polar surface area (TPSA) is 85.0 Å². The molecule has 0 saturated carbocycles. The van der Waals surface area contributed by atoms with E-state index in [0.29, 0.717) is 34.5 Å². The van der Waals surface area contributed by atoms with E-state index in [1.54, 1.807) is 12.1 Å². The number of carbonyl (C=O) groups excluding carboxylic acids is 1. The molecular weight excluding hydrogens is 535 g/mol. The first kappa shape index (κ1) is 27.3. The minimum absolute atomic E-state index is 0.181. The molecule has 2 aromatic heterocycles. The highest BCUT2D eigenvalue weighted by molar-refractivity contribution is 6.08. The SMILES string of the molecule is Cn1c(C(C)(C)C(F)(F)F)nc2c(N3CCCC3)c(NC(=O)c3ccc(=O)n(-c4c(F)cccc4F)n3)ccc21. The van der Waals surface area contributed by atoms with E-state index in [4.69, 9.17) is 0 Å². The lowest BCUT2D eigenvalue weighted by atomic mass is 9.91. The third kappa shape index (κ3) is 4.48. The van der Waals surface area contributed by atoms with E-state index in [0.717, 1.165) is 57.0 Å². The number of para-hydroxylation sites is 1. The fraction of sp³-hybridized carbons (Fsp3) is 0.333. The van der Waals surface area contributed by atoms with Crippen LogP contribution < -0.4 is 15.8 Å². The summed E-state index contributed by atoms with van der Waals surface area (Å²) in [5, 5.41) is 6.58. The van der Waals surface area contributed by atoms with Gasteiger partial charge in [-0.2, -0.15) is 23.0 Å². The molecule has 2 aromatic carbocycles. The van der Waals surface area contributed by atoms with Gasteiger partial charge in [-0.3, -0.25) is 9.59 Å². The van der Waals surface area contributed by atoms with Crippen molar-refractivity contribution < 1.29 is 26.7 Å². The third-order valence-electron chi connectivity index (χ3n) is 7.15. The van der Waals surface area contributed by atoms with Crippen LogP contribution in [0.25, 0.3) is 16.7 Å². The molecule has 0 bridgehead atoms. The van der Waals surface area contributed by atoms with Crippen LogP contribution in [0.15, 0.2) is 47.3 Å². The number of halogens is 5. The van der Waals surface area contributed by atoms with Crippen molar-refractivity contribution in [3.05, 3.63) is 76.0 Å². The number of anilines is 2. The zero-order valence-corrected chi connectivity index (χ0v) is 21.8. The Bertz CT molecular complexity index is 1670. The van der Waals surface area contributed by atoms with E-state index < -0.39 is 40.4 Å². The molecule has 210 valence electrons. The van der Waals surface area contributed by atoms with Crippen LogP contribution in [-0.4, -0.2) is 44.5 Å². The van der Waals surface area contributed by atoms with Crippen molar-refractivity contribution in [1.29, 1.82) is 0 Å². The van der Waals surface area contributed by atoms with Gasteiger partial charge < -0.3 is 14.8 Å². The number of imidazole rings is 1. The van der Waals surface area contributed by atoms with Gasteiger partial charge in [-0.05, 0) is 57.0 Å². The van der Waals surface area contributed by atoms with Crippen LogP contribution in [0.5, 0.6) is 0 Å². The maximum Gasteiger partial charge on any atom is 0.400 e. The molecule has 1 saturated heterocycles. The molecule has 1 N–H and O–H groups in total. The number of rotatable bonds is 5. The highest BCUT2D eigenvalue weighted by atomic mass is 19.4. The second-order valence-electron chi connectivity index (χ2n) is 10.1. The van der Waals surface area contributed by atoms with Crippen molar-refractivity contribution in [1.82, 2.24) is 19.3 Å². The molecule has 1 fully saturated rings. The molecule has 5 rings (SSSR count). The minimum atomic E-state index is -4.56. The maximum atomic E-state index is 14.3. The zero-order chi connectivity index (χ0) is 29.0. The van der Waals surface area contributed by atoms with Crippen LogP contribution in [-0.2, 0) is 12.5 Å². The van der Waals surface area contributed by atoms with E-state index >= 15 is 0 Å². The summed E-state index contributed by atoms with van der Waals surface area (Å²) >= 11 is 0. The van der Waals surface area contributed by atoms with Gasteiger partial charge in [-0.1, -0.05) is 6.07 Å². The lowest BCUT2D eigenvalue weighted by Crippen LogP contribution is -2.38. The van der Waals surface area contributed by atoms with Gasteiger partial charge in [0.25, 0.3) is 11.5 Å². The fourth-order valence-corrected chi connectivity index (χ4v) is 4.86.